The number of piperazine rings is 2. The lowest BCUT2D eigenvalue weighted by molar-refractivity contribution is 0.0348. The van der Waals surface area contributed by atoms with Gasteiger partial charge >= 0.3 is 12.2 Å². The number of hydrogen-bond acceptors (Lipinski definition) is 6. The summed E-state index contributed by atoms with van der Waals surface area (Å²) in [4.78, 5) is 31.6. The molecular weight excluding hydrogens is 300 g/mol. The van der Waals surface area contributed by atoms with Crippen LogP contribution in [0, 0.1) is 0 Å². The molecule has 0 unspecified atom stereocenters. The molecule has 0 bridgehead atoms. The van der Waals surface area contributed by atoms with Crippen molar-refractivity contribution in [3.63, 3.8) is 0 Å². The Morgan fingerprint density at radius 1 is 0.696 bits per heavy atom. The molecule has 2 aliphatic rings. The van der Waals surface area contributed by atoms with Crippen LogP contribution >= 0.6 is 0 Å². The van der Waals surface area contributed by atoms with Crippen molar-refractivity contribution in [3.8, 4) is 0 Å². The molecule has 0 aromatic rings. The average Bonchev–Trinajstić information content (AvgIpc) is 2.56. The summed E-state index contributed by atoms with van der Waals surface area (Å²) in [6.07, 6.45) is -0.426. The van der Waals surface area contributed by atoms with E-state index < -0.39 is 0 Å². The van der Waals surface area contributed by atoms with Crippen molar-refractivity contribution in [1.82, 2.24) is 19.6 Å². The van der Waals surface area contributed by atoms with Gasteiger partial charge in [-0.3, -0.25) is 9.80 Å². The first-order valence-corrected chi connectivity index (χ1v) is 8.42. The molecule has 2 aliphatic heterocycles. The largest absolute Gasteiger partial charge is 0.450 e. The normalized spacial score (nSPS) is 20.4. The van der Waals surface area contributed by atoms with Crippen LogP contribution in [0.1, 0.15) is 13.8 Å². The number of rotatable bonds is 4. The molecule has 0 aromatic carbocycles. The monoisotopic (exact) mass is 328 g/mol. The minimum absolute atomic E-state index is 0.213. The summed E-state index contributed by atoms with van der Waals surface area (Å²) >= 11 is 0. The quantitative estimate of drug-likeness (QED) is 0.748. The number of amides is 2. The summed E-state index contributed by atoms with van der Waals surface area (Å²) in [5, 5.41) is 0. The highest BCUT2D eigenvalue weighted by Gasteiger charge is 2.26. The van der Waals surface area contributed by atoms with Gasteiger partial charge in [-0.05, 0) is 13.8 Å². The van der Waals surface area contributed by atoms with Gasteiger partial charge in [0.25, 0.3) is 0 Å². The molecule has 132 valence electrons. The van der Waals surface area contributed by atoms with Crippen LogP contribution < -0.4 is 0 Å². The third-order valence-electron chi connectivity index (χ3n) is 4.20. The predicted octanol–water partition coefficient (Wildman–Crippen LogP) is 0.492. The number of hydrogen-bond donors (Lipinski definition) is 0. The molecule has 8 heteroatoms. The first-order valence-electron chi connectivity index (χ1n) is 8.42. The van der Waals surface area contributed by atoms with Gasteiger partial charge in [0.05, 0.1) is 19.9 Å². The van der Waals surface area contributed by atoms with Gasteiger partial charge in [0.2, 0.25) is 0 Å². The van der Waals surface area contributed by atoms with E-state index in [1.54, 1.807) is 9.80 Å². The molecule has 2 rings (SSSR count). The van der Waals surface area contributed by atoms with Crippen molar-refractivity contribution in [2.75, 3.05) is 72.2 Å². The van der Waals surface area contributed by atoms with E-state index in [1.165, 1.54) is 0 Å². The van der Waals surface area contributed by atoms with Crippen LogP contribution in [0.25, 0.3) is 0 Å². The molecule has 2 heterocycles. The van der Waals surface area contributed by atoms with E-state index in [0.29, 0.717) is 39.4 Å². The van der Waals surface area contributed by atoms with E-state index in [2.05, 4.69) is 9.80 Å². The lowest BCUT2D eigenvalue weighted by Gasteiger charge is -2.40. The summed E-state index contributed by atoms with van der Waals surface area (Å²) in [6, 6.07) is 0. The Hall–Kier alpha value is -1.54. The Kier molecular flexibility index (Phi) is 6.91. The van der Waals surface area contributed by atoms with E-state index in [1.807, 2.05) is 13.8 Å². The van der Waals surface area contributed by atoms with E-state index in [9.17, 15) is 9.59 Å². The zero-order valence-electron chi connectivity index (χ0n) is 14.2. The molecule has 2 fully saturated rings. The zero-order chi connectivity index (χ0) is 16.7. The Morgan fingerprint density at radius 3 is 1.35 bits per heavy atom. The number of carbonyl (C=O) groups is 2. The molecule has 0 radical (unpaired) electrons. The van der Waals surface area contributed by atoms with Crippen molar-refractivity contribution in [1.29, 1.82) is 0 Å². The number of carbonyl (C=O) groups excluding carboxylic acids is 2. The molecule has 0 spiro atoms. The van der Waals surface area contributed by atoms with Gasteiger partial charge in [0.1, 0.15) is 0 Å². The summed E-state index contributed by atoms with van der Waals surface area (Å²) < 4.78 is 10.1. The topological polar surface area (TPSA) is 65.6 Å². The van der Waals surface area contributed by atoms with Gasteiger partial charge in [-0.2, -0.15) is 0 Å². The molecule has 2 amide bonds. The summed E-state index contributed by atoms with van der Waals surface area (Å²) in [7, 11) is 0. The Morgan fingerprint density at radius 2 is 1.04 bits per heavy atom. The highest BCUT2D eigenvalue weighted by Crippen LogP contribution is 2.08. The standard InChI is InChI=1S/C15H28N4O4/c1-3-22-14(20)18-9-5-16(6-10-18)13-17-7-11-19(12-8-17)15(21)23-4-2/h3-13H2,1-2H3. The molecule has 23 heavy (non-hydrogen) atoms. The van der Waals surface area contributed by atoms with Crippen molar-refractivity contribution < 1.29 is 19.1 Å². The van der Waals surface area contributed by atoms with E-state index in [-0.39, 0.29) is 12.2 Å². The highest BCUT2D eigenvalue weighted by molar-refractivity contribution is 5.68. The fourth-order valence-electron chi connectivity index (χ4n) is 2.86. The van der Waals surface area contributed by atoms with E-state index in [0.717, 1.165) is 32.8 Å². The van der Waals surface area contributed by atoms with Gasteiger partial charge in [-0.25, -0.2) is 9.59 Å². The van der Waals surface area contributed by atoms with Crippen LogP contribution in [-0.4, -0.2) is 104 Å². The van der Waals surface area contributed by atoms with Crippen LogP contribution in [-0.2, 0) is 9.47 Å². The summed E-state index contributed by atoms with van der Waals surface area (Å²) in [6.45, 7) is 11.6. The fraction of sp³-hybridized carbons (Fsp3) is 0.867. The van der Waals surface area contributed by atoms with E-state index >= 15 is 0 Å². The second-order valence-corrected chi connectivity index (χ2v) is 5.75. The maximum absolute atomic E-state index is 11.7. The maximum atomic E-state index is 11.7. The van der Waals surface area contributed by atoms with Crippen LogP contribution in [0.4, 0.5) is 9.59 Å². The third-order valence-corrected chi connectivity index (χ3v) is 4.20. The molecule has 0 N–H and O–H groups in total. The first kappa shape index (κ1) is 17.8. The third kappa shape index (κ3) is 5.24. The second-order valence-electron chi connectivity index (χ2n) is 5.75. The number of ether oxygens (including phenoxy) is 2. The maximum Gasteiger partial charge on any atom is 0.409 e. The van der Waals surface area contributed by atoms with Gasteiger partial charge in [0.15, 0.2) is 0 Å². The van der Waals surface area contributed by atoms with Crippen LogP contribution in [0.5, 0.6) is 0 Å². The molecule has 8 nitrogen and oxygen atoms in total. The summed E-state index contributed by atoms with van der Waals surface area (Å²) in [5.74, 6) is 0. The Balaban J connectivity index is 1.66. The van der Waals surface area contributed by atoms with Gasteiger partial charge in [-0.1, -0.05) is 0 Å². The fourth-order valence-corrected chi connectivity index (χ4v) is 2.86. The second kappa shape index (κ2) is 8.93. The summed E-state index contributed by atoms with van der Waals surface area (Å²) in [5.41, 5.74) is 0. The zero-order valence-corrected chi connectivity index (χ0v) is 14.2. The van der Waals surface area contributed by atoms with Crippen molar-refractivity contribution >= 4 is 12.2 Å². The van der Waals surface area contributed by atoms with Crippen molar-refractivity contribution in [2.24, 2.45) is 0 Å². The SMILES string of the molecule is CCOC(=O)N1CCN(CN2CCN(C(=O)OCC)CC2)CC1. The Labute approximate surface area is 137 Å². The van der Waals surface area contributed by atoms with Gasteiger partial charge in [-0.15, -0.1) is 0 Å². The average molecular weight is 328 g/mol. The Bertz CT molecular complexity index is 355. The van der Waals surface area contributed by atoms with Crippen molar-refractivity contribution in [3.05, 3.63) is 0 Å². The lowest BCUT2D eigenvalue weighted by atomic mass is 10.3. The molecule has 0 aliphatic carbocycles. The predicted molar refractivity (Wildman–Crippen MR) is 85.2 cm³/mol. The van der Waals surface area contributed by atoms with Crippen LogP contribution in [0.15, 0.2) is 0 Å². The van der Waals surface area contributed by atoms with E-state index in [4.69, 9.17) is 9.47 Å². The molecule has 2 saturated heterocycles. The van der Waals surface area contributed by atoms with Crippen molar-refractivity contribution in [2.45, 2.75) is 13.8 Å². The van der Waals surface area contributed by atoms with Crippen LogP contribution in [0.3, 0.4) is 0 Å². The van der Waals surface area contributed by atoms with Crippen LogP contribution in [0.2, 0.25) is 0 Å². The molecule has 0 atom stereocenters. The smallest absolute Gasteiger partial charge is 0.409 e. The minimum atomic E-state index is -0.213. The first-order chi connectivity index (χ1) is 11.1. The van der Waals surface area contributed by atoms with Gasteiger partial charge in [0, 0.05) is 52.4 Å². The molecular formula is C15H28N4O4. The molecule has 0 aromatic heterocycles. The lowest BCUT2D eigenvalue weighted by Crippen LogP contribution is -2.55. The highest BCUT2D eigenvalue weighted by atomic mass is 16.6. The minimum Gasteiger partial charge on any atom is -0.450 e. The number of nitrogens with zero attached hydrogens (tertiary/aromatic N) is 4. The van der Waals surface area contributed by atoms with Gasteiger partial charge < -0.3 is 19.3 Å². The molecule has 0 saturated carbocycles.